The van der Waals surface area contributed by atoms with E-state index in [1.54, 1.807) is 12.1 Å². The highest BCUT2D eigenvalue weighted by atomic mass is 35.5. The number of benzene rings is 1. The van der Waals surface area contributed by atoms with Crippen LogP contribution in [0, 0.1) is 0 Å². The quantitative estimate of drug-likeness (QED) is 0.794. The summed E-state index contributed by atoms with van der Waals surface area (Å²) >= 11 is 5.46. The van der Waals surface area contributed by atoms with Crippen molar-refractivity contribution in [3.63, 3.8) is 0 Å². The molecular weight excluding hydrogens is 262 g/mol. The predicted molar refractivity (Wildman–Crippen MR) is 68.5 cm³/mol. The summed E-state index contributed by atoms with van der Waals surface area (Å²) in [6, 6.07) is 4.81. The molecule has 17 heavy (non-hydrogen) atoms. The summed E-state index contributed by atoms with van der Waals surface area (Å²) in [5.74, 6) is 0.550. The van der Waals surface area contributed by atoms with E-state index in [0.717, 1.165) is 5.56 Å². The van der Waals surface area contributed by atoms with Crippen LogP contribution in [0.2, 0.25) is 0 Å². The molecule has 0 bridgehead atoms. The number of hydrogen-bond donors (Lipinski definition) is 1. The lowest BCUT2D eigenvalue weighted by Gasteiger charge is -2.10. The SMILES string of the molecule is COc1cc(S(=O)(=O)CCCl)ccc1CCN. The van der Waals surface area contributed by atoms with Crippen molar-refractivity contribution in [2.24, 2.45) is 5.73 Å². The lowest BCUT2D eigenvalue weighted by Crippen LogP contribution is -2.09. The van der Waals surface area contributed by atoms with Crippen LogP contribution in [0.5, 0.6) is 5.75 Å². The fourth-order valence-electron chi connectivity index (χ4n) is 1.50. The minimum atomic E-state index is -3.32. The van der Waals surface area contributed by atoms with Crippen molar-refractivity contribution in [2.45, 2.75) is 11.3 Å². The molecule has 0 amide bonds. The first-order valence-electron chi connectivity index (χ1n) is 5.21. The highest BCUT2D eigenvalue weighted by Gasteiger charge is 2.15. The number of hydrogen-bond acceptors (Lipinski definition) is 4. The maximum atomic E-state index is 11.8. The Morgan fingerprint density at radius 1 is 1.41 bits per heavy atom. The van der Waals surface area contributed by atoms with Gasteiger partial charge in [0.1, 0.15) is 5.75 Å². The minimum Gasteiger partial charge on any atom is -0.496 e. The first kappa shape index (κ1) is 14.3. The number of rotatable bonds is 6. The van der Waals surface area contributed by atoms with E-state index >= 15 is 0 Å². The molecule has 0 unspecified atom stereocenters. The molecule has 1 aromatic rings. The molecule has 6 heteroatoms. The number of nitrogens with two attached hydrogens (primary N) is 1. The van der Waals surface area contributed by atoms with Crippen molar-refractivity contribution in [1.29, 1.82) is 0 Å². The van der Waals surface area contributed by atoms with Crippen molar-refractivity contribution in [1.82, 2.24) is 0 Å². The molecule has 0 aromatic heterocycles. The normalized spacial score (nSPS) is 11.5. The second-order valence-corrected chi connectivity index (χ2v) is 6.01. The van der Waals surface area contributed by atoms with Gasteiger partial charge >= 0.3 is 0 Å². The number of methoxy groups -OCH3 is 1. The van der Waals surface area contributed by atoms with Gasteiger partial charge in [-0.3, -0.25) is 0 Å². The molecular formula is C11H16ClNO3S. The molecule has 0 aliphatic carbocycles. The Kier molecular flexibility index (Phi) is 5.24. The fourth-order valence-corrected chi connectivity index (χ4v) is 3.11. The topological polar surface area (TPSA) is 69.4 Å². The van der Waals surface area contributed by atoms with E-state index in [0.29, 0.717) is 18.7 Å². The van der Waals surface area contributed by atoms with Gasteiger partial charge in [0.05, 0.1) is 17.8 Å². The van der Waals surface area contributed by atoms with Crippen LogP contribution in [-0.2, 0) is 16.3 Å². The van der Waals surface area contributed by atoms with Crippen molar-refractivity contribution >= 4 is 21.4 Å². The number of ether oxygens (including phenoxy) is 1. The minimum absolute atomic E-state index is 0.0755. The Balaban J connectivity index is 3.13. The van der Waals surface area contributed by atoms with Crippen LogP contribution in [0.15, 0.2) is 23.1 Å². The molecule has 0 spiro atoms. The molecule has 4 nitrogen and oxygen atoms in total. The smallest absolute Gasteiger partial charge is 0.179 e. The second kappa shape index (κ2) is 6.23. The van der Waals surface area contributed by atoms with Crippen LogP contribution in [0.1, 0.15) is 5.56 Å². The average Bonchev–Trinajstić information content (AvgIpc) is 2.29. The molecule has 0 heterocycles. The molecule has 0 saturated carbocycles. The molecule has 0 aliphatic rings. The highest BCUT2D eigenvalue weighted by Crippen LogP contribution is 2.24. The molecule has 1 rings (SSSR count). The molecule has 1 aromatic carbocycles. The Morgan fingerprint density at radius 3 is 2.65 bits per heavy atom. The van der Waals surface area contributed by atoms with Gasteiger partial charge < -0.3 is 10.5 Å². The van der Waals surface area contributed by atoms with Gasteiger partial charge in [-0.1, -0.05) is 6.07 Å². The highest BCUT2D eigenvalue weighted by molar-refractivity contribution is 7.91. The Morgan fingerprint density at radius 2 is 2.12 bits per heavy atom. The lowest BCUT2D eigenvalue weighted by molar-refractivity contribution is 0.408. The van der Waals surface area contributed by atoms with Gasteiger partial charge in [-0.2, -0.15) is 0 Å². The molecule has 2 N–H and O–H groups in total. The van der Waals surface area contributed by atoms with Crippen LogP contribution in [0.25, 0.3) is 0 Å². The van der Waals surface area contributed by atoms with Gasteiger partial charge in [-0.05, 0) is 30.7 Å². The largest absolute Gasteiger partial charge is 0.496 e. The Hall–Kier alpha value is -0.780. The van der Waals surface area contributed by atoms with Gasteiger partial charge in [-0.25, -0.2) is 8.42 Å². The lowest BCUT2D eigenvalue weighted by atomic mass is 10.1. The van der Waals surface area contributed by atoms with Crippen molar-refractivity contribution < 1.29 is 13.2 Å². The summed E-state index contributed by atoms with van der Waals surface area (Å²) in [5, 5.41) is 0. The van der Waals surface area contributed by atoms with Gasteiger partial charge in [-0.15, -0.1) is 11.6 Å². The molecule has 0 atom stereocenters. The first-order chi connectivity index (χ1) is 8.05. The summed E-state index contributed by atoms with van der Waals surface area (Å²) in [4.78, 5) is 0.232. The van der Waals surface area contributed by atoms with Crippen LogP contribution >= 0.6 is 11.6 Å². The first-order valence-corrected chi connectivity index (χ1v) is 7.39. The fraction of sp³-hybridized carbons (Fsp3) is 0.455. The zero-order valence-electron chi connectivity index (χ0n) is 9.65. The second-order valence-electron chi connectivity index (χ2n) is 3.52. The molecule has 0 aliphatic heterocycles. The van der Waals surface area contributed by atoms with E-state index in [1.165, 1.54) is 13.2 Å². The third-order valence-electron chi connectivity index (χ3n) is 2.38. The number of sulfone groups is 1. The van der Waals surface area contributed by atoms with Crippen molar-refractivity contribution in [2.75, 3.05) is 25.3 Å². The van der Waals surface area contributed by atoms with Gasteiger partial charge in [0, 0.05) is 5.88 Å². The third-order valence-corrected chi connectivity index (χ3v) is 4.50. The zero-order valence-corrected chi connectivity index (χ0v) is 11.2. The maximum Gasteiger partial charge on any atom is 0.179 e. The van der Waals surface area contributed by atoms with E-state index in [9.17, 15) is 8.42 Å². The maximum absolute atomic E-state index is 11.8. The summed E-state index contributed by atoms with van der Waals surface area (Å²) in [6.07, 6.45) is 0.652. The van der Waals surface area contributed by atoms with Gasteiger partial charge in [0.25, 0.3) is 0 Å². The summed E-state index contributed by atoms with van der Waals surface area (Å²) in [7, 11) is -1.81. The van der Waals surface area contributed by atoms with Crippen LogP contribution in [-0.4, -0.2) is 33.7 Å². The van der Waals surface area contributed by atoms with Crippen LogP contribution in [0.3, 0.4) is 0 Å². The summed E-state index contributed by atoms with van der Waals surface area (Å²) < 4.78 is 28.8. The predicted octanol–water partition coefficient (Wildman–Crippen LogP) is 1.21. The van der Waals surface area contributed by atoms with E-state index in [4.69, 9.17) is 22.1 Å². The van der Waals surface area contributed by atoms with E-state index in [1.807, 2.05) is 0 Å². The van der Waals surface area contributed by atoms with Gasteiger partial charge in [0.15, 0.2) is 9.84 Å². The molecule has 0 radical (unpaired) electrons. The summed E-state index contributed by atoms with van der Waals surface area (Å²) in [6.45, 7) is 0.490. The standard InChI is InChI=1S/C11H16ClNO3S/c1-16-11-8-10(17(14,15)7-5-12)3-2-9(11)4-6-13/h2-3,8H,4-7,13H2,1H3. The van der Waals surface area contributed by atoms with E-state index in [-0.39, 0.29) is 16.5 Å². The zero-order chi connectivity index (χ0) is 12.9. The van der Waals surface area contributed by atoms with Gasteiger partial charge in [0.2, 0.25) is 0 Å². The Bertz CT molecular complexity index is 474. The van der Waals surface area contributed by atoms with Crippen molar-refractivity contribution in [3.05, 3.63) is 23.8 Å². The van der Waals surface area contributed by atoms with Crippen LogP contribution < -0.4 is 10.5 Å². The van der Waals surface area contributed by atoms with E-state index < -0.39 is 9.84 Å². The monoisotopic (exact) mass is 277 g/mol. The number of alkyl halides is 1. The van der Waals surface area contributed by atoms with Crippen molar-refractivity contribution in [3.8, 4) is 5.75 Å². The average molecular weight is 278 g/mol. The molecule has 96 valence electrons. The molecule has 0 saturated heterocycles. The third kappa shape index (κ3) is 3.59. The Labute approximate surface area is 107 Å². The van der Waals surface area contributed by atoms with E-state index in [2.05, 4.69) is 0 Å². The van der Waals surface area contributed by atoms with Crippen LogP contribution in [0.4, 0.5) is 0 Å². The molecule has 0 fully saturated rings. The summed E-state index contributed by atoms with van der Waals surface area (Å²) in [5.41, 5.74) is 6.37. The number of halogens is 1.